The third-order valence-electron chi connectivity index (χ3n) is 7.99. The molecule has 5 rings (SSSR count). The van der Waals surface area contributed by atoms with Gasteiger partial charge in [-0.1, -0.05) is 38.0 Å². The molecule has 0 bridgehead atoms. The van der Waals surface area contributed by atoms with Crippen molar-refractivity contribution < 1.29 is 38.1 Å². The molecular weight excluding hydrogens is 552 g/mol. The molecule has 1 atom stereocenters. The Morgan fingerprint density at radius 3 is 2.51 bits per heavy atom. The summed E-state index contributed by atoms with van der Waals surface area (Å²) in [5, 5.41) is 11.9. The van der Waals surface area contributed by atoms with Gasteiger partial charge in [0.2, 0.25) is 5.78 Å². The van der Waals surface area contributed by atoms with Gasteiger partial charge in [0, 0.05) is 31.6 Å². The van der Waals surface area contributed by atoms with Crippen LogP contribution in [0.3, 0.4) is 0 Å². The van der Waals surface area contributed by atoms with Crippen molar-refractivity contribution in [2.45, 2.75) is 38.6 Å². The van der Waals surface area contributed by atoms with E-state index < -0.39 is 23.5 Å². The van der Waals surface area contributed by atoms with E-state index in [-0.39, 0.29) is 11.3 Å². The number of carbonyl (C=O) groups is 2. The monoisotopic (exact) mass is 592 g/mol. The van der Waals surface area contributed by atoms with E-state index in [1.54, 1.807) is 42.3 Å². The number of aliphatic hydroxyl groups is 1. The first-order chi connectivity index (χ1) is 21.0. The van der Waals surface area contributed by atoms with Gasteiger partial charge in [0.25, 0.3) is 5.91 Å². The van der Waals surface area contributed by atoms with Crippen LogP contribution in [0, 0.1) is 0 Å². The summed E-state index contributed by atoms with van der Waals surface area (Å²) >= 11 is 0. The van der Waals surface area contributed by atoms with E-state index in [4.69, 9.17) is 23.4 Å². The summed E-state index contributed by atoms with van der Waals surface area (Å²) in [6.07, 6.45) is 3.73. The highest BCUT2D eigenvalue weighted by atomic mass is 16.5. The number of furan rings is 1. The maximum atomic E-state index is 14.0. The zero-order valence-electron chi connectivity index (χ0n) is 25.1. The van der Waals surface area contributed by atoms with Gasteiger partial charge in [-0.25, -0.2) is 0 Å². The topological polar surface area (TPSA) is 111 Å². The first kappa shape index (κ1) is 30.4. The highest BCUT2D eigenvalue weighted by Gasteiger charge is 2.44. The fourth-order valence-corrected chi connectivity index (χ4v) is 5.70. The van der Waals surface area contributed by atoms with Crippen molar-refractivity contribution in [3.05, 3.63) is 65.1 Å². The lowest BCUT2D eigenvalue weighted by Crippen LogP contribution is -2.39. The molecule has 1 fully saturated rings. The molecule has 0 radical (unpaired) electrons. The van der Waals surface area contributed by atoms with Crippen molar-refractivity contribution in [2.24, 2.45) is 0 Å². The summed E-state index contributed by atoms with van der Waals surface area (Å²) in [6.45, 7) is 6.82. The Labute approximate surface area is 251 Å². The number of fused-ring (bicyclic) bond motifs is 1. The standard InChI is InChI=1S/C33H40N2O8/c1-4-5-6-17-42-24-12-11-22(20-26(24)40-3)29-28(30(36)27-21-23-9-7-10-25(39-2)32(23)43-27)31(37)33(38)35(29)14-8-13-34-15-18-41-19-16-34/h7,9-12,20-21,29,37H,4-6,8,13-19H2,1-3H3. The van der Waals surface area contributed by atoms with Gasteiger partial charge in [-0.15, -0.1) is 0 Å². The van der Waals surface area contributed by atoms with Crippen molar-refractivity contribution in [1.82, 2.24) is 9.80 Å². The normalized spacial score (nSPS) is 17.6. The quantitative estimate of drug-likeness (QED) is 0.196. The number of rotatable bonds is 14. The molecule has 3 heterocycles. The van der Waals surface area contributed by atoms with E-state index >= 15 is 0 Å². The van der Waals surface area contributed by atoms with Crippen molar-refractivity contribution in [1.29, 1.82) is 0 Å². The number of methoxy groups -OCH3 is 2. The van der Waals surface area contributed by atoms with Crippen LogP contribution in [-0.4, -0.2) is 86.8 Å². The minimum absolute atomic E-state index is 0.0110. The molecule has 2 aliphatic rings. The molecular formula is C33H40N2O8. The van der Waals surface area contributed by atoms with Crippen LogP contribution in [0.15, 0.2) is 58.2 Å². The number of unbranched alkanes of at least 4 members (excludes halogenated alkanes) is 2. The Kier molecular flexibility index (Phi) is 9.89. The molecule has 10 nitrogen and oxygen atoms in total. The lowest BCUT2D eigenvalue weighted by Gasteiger charge is -2.30. The van der Waals surface area contributed by atoms with Gasteiger partial charge in [-0.2, -0.15) is 0 Å². The Hall–Kier alpha value is -4.02. The molecule has 1 amide bonds. The Morgan fingerprint density at radius 1 is 0.977 bits per heavy atom. The number of benzene rings is 2. The molecule has 230 valence electrons. The number of para-hydroxylation sites is 1. The Balaban J connectivity index is 1.47. The summed E-state index contributed by atoms with van der Waals surface area (Å²) in [4.78, 5) is 31.4. The second kappa shape index (κ2) is 14.0. The van der Waals surface area contributed by atoms with Crippen LogP contribution < -0.4 is 14.2 Å². The van der Waals surface area contributed by atoms with Gasteiger partial charge in [-0.3, -0.25) is 14.5 Å². The molecule has 0 aliphatic carbocycles. The van der Waals surface area contributed by atoms with Gasteiger partial charge in [0.15, 0.2) is 34.4 Å². The third kappa shape index (κ3) is 6.50. The minimum atomic E-state index is -0.845. The minimum Gasteiger partial charge on any atom is -0.503 e. The smallest absolute Gasteiger partial charge is 0.290 e. The van der Waals surface area contributed by atoms with E-state index in [1.807, 2.05) is 12.1 Å². The van der Waals surface area contributed by atoms with Gasteiger partial charge < -0.3 is 33.4 Å². The van der Waals surface area contributed by atoms with Crippen molar-refractivity contribution in [2.75, 3.05) is 60.2 Å². The lowest BCUT2D eigenvalue weighted by atomic mass is 9.94. The number of hydrogen-bond donors (Lipinski definition) is 1. The summed E-state index contributed by atoms with van der Waals surface area (Å²) in [7, 11) is 3.08. The number of aliphatic hydroxyl groups excluding tert-OH is 1. The highest BCUT2D eigenvalue weighted by Crippen LogP contribution is 2.42. The summed E-state index contributed by atoms with van der Waals surface area (Å²) in [5.74, 6) is -0.175. The number of ketones is 1. The van der Waals surface area contributed by atoms with Crippen LogP contribution in [0.4, 0.5) is 0 Å². The van der Waals surface area contributed by atoms with Gasteiger partial charge in [0.05, 0.1) is 45.7 Å². The first-order valence-corrected chi connectivity index (χ1v) is 14.9. The van der Waals surface area contributed by atoms with E-state index in [1.165, 1.54) is 7.11 Å². The van der Waals surface area contributed by atoms with Crippen molar-refractivity contribution in [3.63, 3.8) is 0 Å². The number of morpholine rings is 1. The van der Waals surface area contributed by atoms with Crippen LogP contribution in [0.5, 0.6) is 17.2 Å². The number of carbonyl (C=O) groups excluding carboxylic acids is 2. The summed E-state index contributed by atoms with van der Waals surface area (Å²) in [6, 6.07) is 11.5. The maximum absolute atomic E-state index is 14.0. The second-order valence-electron chi connectivity index (χ2n) is 10.8. The molecule has 43 heavy (non-hydrogen) atoms. The highest BCUT2D eigenvalue weighted by molar-refractivity contribution is 6.16. The Bertz CT molecular complexity index is 1470. The average molecular weight is 593 g/mol. The summed E-state index contributed by atoms with van der Waals surface area (Å²) < 4.78 is 28.4. The van der Waals surface area contributed by atoms with E-state index in [9.17, 15) is 14.7 Å². The average Bonchev–Trinajstić information content (AvgIpc) is 3.58. The second-order valence-corrected chi connectivity index (χ2v) is 10.8. The van der Waals surface area contributed by atoms with E-state index in [0.717, 1.165) is 38.9 Å². The largest absolute Gasteiger partial charge is 0.503 e. The van der Waals surface area contributed by atoms with Crippen LogP contribution in [0.25, 0.3) is 11.0 Å². The molecule has 10 heteroatoms. The molecule has 1 aromatic heterocycles. The molecule has 0 spiro atoms. The van der Waals surface area contributed by atoms with Crippen LogP contribution in [0.1, 0.15) is 54.8 Å². The fraction of sp³-hybridized carbons (Fsp3) is 0.455. The van der Waals surface area contributed by atoms with Crippen LogP contribution >= 0.6 is 0 Å². The zero-order chi connectivity index (χ0) is 30.3. The van der Waals surface area contributed by atoms with Crippen molar-refractivity contribution >= 4 is 22.7 Å². The van der Waals surface area contributed by atoms with E-state index in [0.29, 0.717) is 66.6 Å². The molecule has 0 saturated carbocycles. The number of Topliss-reactive ketones (excluding diaryl/α,β-unsaturated/α-hetero) is 1. The zero-order valence-corrected chi connectivity index (χ0v) is 25.1. The van der Waals surface area contributed by atoms with Gasteiger partial charge in [-0.05, 0) is 42.7 Å². The van der Waals surface area contributed by atoms with Gasteiger partial charge >= 0.3 is 0 Å². The number of nitrogens with zero attached hydrogens (tertiary/aromatic N) is 2. The first-order valence-electron chi connectivity index (χ1n) is 14.9. The lowest BCUT2D eigenvalue weighted by molar-refractivity contribution is -0.129. The maximum Gasteiger partial charge on any atom is 0.290 e. The van der Waals surface area contributed by atoms with Crippen LogP contribution in [-0.2, 0) is 9.53 Å². The number of ether oxygens (including phenoxy) is 4. The van der Waals surface area contributed by atoms with E-state index in [2.05, 4.69) is 11.8 Å². The van der Waals surface area contributed by atoms with Gasteiger partial charge in [0.1, 0.15) is 0 Å². The molecule has 3 aromatic rings. The number of amides is 1. The molecule has 2 aromatic carbocycles. The number of hydrogen-bond acceptors (Lipinski definition) is 9. The predicted octanol–water partition coefficient (Wildman–Crippen LogP) is 5.32. The molecule has 1 unspecified atom stereocenters. The fourth-order valence-electron chi connectivity index (χ4n) is 5.70. The summed E-state index contributed by atoms with van der Waals surface area (Å²) in [5.41, 5.74) is 1.01. The molecule has 1 saturated heterocycles. The molecule has 1 N–H and O–H groups in total. The third-order valence-corrected chi connectivity index (χ3v) is 7.99. The SMILES string of the molecule is CCCCCOc1ccc(C2C(C(=O)c3cc4cccc(OC)c4o3)=C(O)C(=O)N2CCCN2CCOCC2)cc1OC. The predicted molar refractivity (Wildman–Crippen MR) is 161 cm³/mol. The Morgan fingerprint density at radius 2 is 1.77 bits per heavy atom. The van der Waals surface area contributed by atoms with Crippen LogP contribution in [0.2, 0.25) is 0 Å². The molecule has 2 aliphatic heterocycles. The van der Waals surface area contributed by atoms with Crippen molar-refractivity contribution in [3.8, 4) is 17.2 Å².